The third-order valence-corrected chi connectivity index (χ3v) is 5.99. The highest BCUT2D eigenvalue weighted by atomic mass is 32.2. The van der Waals surface area contributed by atoms with Crippen LogP contribution in [0.15, 0.2) is 87.7 Å². The lowest BCUT2D eigenvalue weighted by molar-refractivity contribution is 0.0936. The fourth-order valence-electron chi connectivity index (χ4n) is 2.55. The van der Waals surface area contributed by atoms with Gasteiger partial charge in [-0.2, -0.15) is 0 Å². The lowest BCUT2D eigenvalue weighted by Gasteiger charge is -2.16. The van der Waals surface area contributed by atoms with Crippen molar-refractivity contribution in [3.8, 4) is 0 Å². The molecule has 0 unspecified atom stereocenters. The van der Waals surface area contributed by atoms with E-state index >= 15 is 0 Å². The Morgan fingerprint density at radius 3 is 2.36 bits per heavy atom. The summed E-state index contributed by atoms with van der Waals surface area (Å²) in [6, 6.07) is 18.9. The average Bonchev–Trinajstić information content (AvgIpc) is 2.68. The molecule has 2 aromatic carbocycles. The molecule has 6 nitrogen and oxygen atoms in total. The molecule has 144 valence electrons. The Labute approximate surface area is 168 Å². The lowest BCUT2D eigenvalue weighted by atomic mass is 10.1. The number of hydrogen-bond acceptors (Lipinski definition) is 5. The number of carbonyl (C=O) groups excluding carboxylic acids is 1. The zero-order valence-electron chi connectivity index (χ0n) is 15.1. The topological polar surface area (TPSA) is 102 Å². The first-order valence-corrected chi connectivity index (χ1v) is 10.8. The molecule has 0 spiro atoms. The molecule has 0 fully saturated rings. The van der Waals surface area contributed by atoms with Crippen molar-refractivity contribution < 1.29 is 13.2 Å². The molecule has 0 aliphatic heterocycles. The van der Waals surface area contributed by atoms with E-state index in [9.17, 15) is 13.2 Å². The van der Waals surface area contributed by atoms with Crippen LogP contribution in [0.1, 0.15) is 28.9 Å². The molecule has 0 bridgehead atoms. The van der Waals surface area contributed by atoms with Crippen molar-refractivity contribution in [3.05, 3.63) is 84.1 Å². The summed E-state index contributed by atoms with van der Waals surface area (Å²) < 4.78 is 22.7. The van der Waals surface area contributed by atoms with Gasteiger partial charge in [0.1, 0.15) is 5.03 Å². The molecule has 3 rings (SSSR count). The number of nitrogens with zero attached hydrogens (tertiary/aromatic N) is 1. The summed E-state index contributed by atoms with van der Waals surface area (Å²) in [5, 5.41) is 8.65. The predicted molar refractivity (Wildman–Crippen MR) is 108 cm³/mol. The van der Waals surface area contributed by atoms with Crippen LogP contribution >= 0.6 is 11.8 Å². The second-order valence-electron chi connectivity index (χ2n) is 6.08. The maximum Gasteiger partial charge on any atom is 0.254 e. The van der Waals surface area contributed by atoms with Gasteiger partial charge in [0.2, 0.25) is 10.0 Å². The maximum atomic E-state index is 12.8. The Morgan fingerprint density at radius 2 is 1.71 bits per heavy atom. The van der Waals surface area contributed by atoms with Gasteiger partial charge in [-0.1, -0.05) is 42.1 Å². The number of hydrogen-bond donors (Lipinski definition) is 2. The van der Waals surface area contributed by atoms with E-state index in [-0.39, 0.29) is 16.8 Å². The van der Waals surface area contributed by atoms with Gasteiger partial charge in [0.05, 0.1) is 16.5 Å². The van der Waals surface area contributed by atoms with Crippen LogP contribution in [0, 0.1) is 0 Å². The highest BCUT2D eigenvalue weighted by Gasteiger charge is 2.17. The minimum absolute atomic E-state index is 0.0311. The Bertz CT molecular complexity index is 1070. The molecule has 1 heterocycles. The molecule has 3 N–H and O–H groups in total. The Morgan fingerprint density at radius 1 is 1.04 bits per heavy atom. The summed E-state index contributed by atoms with van der Waals surface area (Å²) in [7, 11) is -3.75. The molecule has 0 saturated heterocycles. The van der Waals surface area contributed by atoms with Gasteiger partial charge in [-0.3, -0.25) is 4.79 Å². The average molecular weight is 414 g/mol. The number of carbonyl (C=O) groups is 1. The monoisotopic (exact) mass is 413 g/mol. The van der Waals surface area contributed by atoms with Gasteiger partial charge in [-0.05, 0) is 48.9 Å². The minimum atomic E-state index is -3.75. The number of sulfonamides is 1. The SMILES string of the molecule is C[C@@H](NC(=O)c1cccnc1Sc1ccccc1)c1ccc(S(N)(=O)=O)cc1. The Kier molecular flexibility index (Phi) is 6.13. The van der Waals surface area contributed by atoms with Gasteiger partial charge in [0, 0.05) is 11.1 Å². The van der Waals surface area contributed by atoms with E-state index < -0.39 is 10.0 Å². The minimum Gasteiger partial charge on any atom is -0.345 e. The maximum absolute atomic E-state index is 12.8. The molecule has 0 saturated carbocycles. The van der Waals surface area contributed by atoms with Crippen LogP contribution in [0.5, 0.6) is 0 Å². The number of amides is 1. The second-order valence-corrected chi connectivity index (χ2v) is 8.70. The van der Waals surface area contributed by atoms with Gasteiger partial charge in [-0.25, -0.2) is 18.5 Å². The van der Waals surface area contributed by atoms with E-state index in [0.29, 0.717) is 10.6 Å². The number of pyridine rings is 1. The van der Waals surface area contributed by atoms with Crippen molar-refractivity contribution in [1.29, 1.82) is 0 Å². The standard InChI is InChI=1S/C20H19N3O3S2/c1-14(15-9-11-17(12-10-15)28(21,25)26)23-19(24)18-8-5-13-22-20(18)27-16-6-3-2-4-7-16/h2-14H,1H3,(H,23,24)(H2,21,25,26)/t14-/m1/s1. The predicted octanol–water partition coefficient (Wildman–Crippen LogP) is 3.37. The van der Waals surface area contributed by atoms with Crippen molar-refractivity contribution in [2.45, 2.75) is 27.8 Å². The Hall–Kier alpha value is -2.68. The van der Waals surface area contributed by atoms with E-state index in [0.717, 1.165) is 10.5 Å². The normalized spacial score (nSPS) is 12.4. The van der Waals surface area contributed by atoms with E-state index in [4.69, 9.17) is 5.14 Å². The summed E-state index contributed by atoms with van der Waals surface area (Å²) in [4.78, 5) is 18.1. The van der Waals surface area contributed by atoms with E-state index in [1.165, 1.54) is 23.9 Å². The first kappa shape index (κ1) is 20.1. The van der Waals surface area contributed by atoms with Gasteiger partial charge in [-0.15, -0.1) is 0 Å². The number of nitrogens with one attached hydrogen (secondary N) is 1. The zero-order chi connectivity index (χ0) is 20.1. The van der Waals surface area contributed by atoms with Gasteiger partial charge in [0.15, 0.2) is 0 Å². The van der Waals surface area contributed by atoms with Crippen molar-refractivity contribution in [1.82, 2.24) is 10.3 Å². The van der Waals surface area contributed by atoms with Gasteiger partial charge < -0.3 is 5.32 Å². The molecule has 8 heteroatoms. The Balaban J connectivity index is 1.76. The van der Waals surface area contributed by atoms with Crippen LogP contribution in [0.2, 0.25) is 0 Å². The lowest BCUT2D eigenvalue weighted by Crippen LogP contribution is -2.27. The first-order valence-electron chi connectivity index (χ1n) is 8.46. The van der Waals surface area contributed by atoms with Crippen molar-refractivity contribution in [3.63, 3.8) is 0 Å². The van der Waals surface area contributed by atoms with Crippen molar-refractivity contribution >= 4 is 27.7 Å². The molecule has 1 atom stereocenters. The molecule has 0 aliphatic carbocycles. The molecular formula is C20H19N3O3S2. The zero-order valence-corrected chi connectivity index (χ0v) is 16.7. The third-order valence-electron chi connectivity index (χ3n) is 4.03. The van der Waals surface area contributed by atoms with Gasteiger partial charge >= 0.3 is 0 Å². The van der Waals surface area contributed by atoms with Crippen LogP contribution in [0.4, 0.5) is 0 Å². The van der Waals surface area contributed by atoms with Crippen molar-refractivity contribution in [2.24, 2.45) is 5.14 Å². The van der Waals surface area contributed by atoms with Crippen LogP contribution in [-0.2, 0) is 10.0 Å². The fourth-order valence-corrected chi connectivity index (χ4v) is 3.97. The molecule has 28 heavy (non-hydrogen) atoms. The number of rotatable bonds is 6. The van der Waals surface area contributed by atoms with E-state index in [1.54, 1.807) is 30.5 Å². The second kappa shape index (κ2) is 8.55. The smallest absolute Gasteiger partial charge is 0.254 e. The number of benzene rings is 2. The third kappa shape index (κ3) is 4.98. The molecule has 1 amide bonds. The number of nitrogens with two attached hydrogens (primary N) is 1. The highest BCUT2D eigenvalue weighted by molar-refractivity contribution is 7.99. The summed E-state index contributed by atoms with van der Waals surface area (Å²) in [6.45, 7) is 1.82. The number of primary sulfonamides is 1. The van der Waals surface area contributed by atoms with Crippen LogP contribution in [0.25, 0.3) is 0 Å². The quantitative estimate of drug-likeness (QED) is 0.645. The van der Waals surface area contributed by atoms with Crippen LogP contribution in [-0.4, -0.2) is 19.3 Å². The van der Waals surface area contributed by atoms with Gasteiger partial charge in [0.25, 0.3) is 5.91 Å². The molecule has 0 radical (unpaired) electrons. The first-order chi connectivity index (χ1) is 13.3. The largest absolute Gasteiger partial charge is 0.345 e. The molecule has 0 aliphatic rings. The summed E-state index contributed by atoms with van der Waals surface area (Å²) >= 11 is 1.42. The summed E-state index contributed by atoms with van der Waals surface area (Å²) in [5.41, 5.74) is 1.24. The van der Waals surface area contributed by atoms with E-state index in [2.05, 4.69) is 10.3 Å². The van der Waals surface area contributed by atoms with Crippen molar-refractivity contribution in [2.75, 3.05) is 0 Å². The highest BCUT2D eigenvalue weighted by Crippen LogP contribution is 2.28. The number of aromatic nitrogens is 1. The van der Waals surface area contributed by atoms with Crippen LogP contribution < -0.4 is 10.5 Å². The fraction of sp³-hybridized carbons (Fsp3) is 0.100. The van der Waals surface area contributed by atoms with E-state index in [1.807, 2.05) is 37.3 Å². The summed E-state index contributed by atoms with van der Waals surface area (Å²) in [5.74, 6) is -0.255. The van der Waals surface area contributed by atoms with Crippen LogP contribution in [0.3, 0.4) is 0 Å². The molecule has 3 aromatic rings. The molecular weight excluding hydrogens is 394 g/mol. The summed E-state index contributed by atoms with van der Waals surface area (Å²) in [6.07, 6.45) is 1.65. The molecule has 1 aromatic heterocycles.